The standard InChI is InChI=1S/C23H28ClN3O2/c1-6-7-17-11-19(15(3)22-23(17)27(4)26-25-22)20(12-21(28)29-5)16-9-8-14(2)18(10-16)13-24/h8-11,20H,6-7,12-13H2,1-5H3. The average Bonchev–Trinajstić information content (AvgIpc) is 3.11. The fourth-order valence-corrected chi connectivity index (χ4v) is 4.29. The Morgan fingerprint density at radius 3 is 2.66 bits per heavy atom. The van der Waals surface area contributed by atoms with Crippen molar-refractivity contribution in [3.05, 3.63) is 57.6 Å². The molecule has 0 aliphatic carbocycles. The quantitative estimate of drug-likeness (QED) is 0.405. The predicted octanol–water partition coefficient (Wildman–Crippen LogP) is 4.97. The number of esters is 1. The molecule has 1 aromatic heterocycles. The second-order valence-corrected chi connectivity index (χ2v) is 7.83. The van der Waals surface area contributed by atoms with Crippen LogP contribution in [0.3, 0.4) is 0 Å². The summed E-state index contributed by atoms with van der Waals surface area (Å²) in [6.07, 6.45) is 2.21. The number of halogens is 1. The molecule has 3 rings (SSSR count). The molecule has 0 bridgehead atoms. The van der Waals surface area contributed by atoms with Crippen LogP contribution in [-0.2, 0) is 28.9 Å². The van der Waals surface area contributed by atoms with Crippen LogP contribution in [0.1, 0.15) is 59.1 Å². The molecule has 0 radical (unpaired) electrons. The molecule has 0 amide bonds. The second kappa shape index (κ2) is 8.95. The number of methoxy groups -OCH3 is 1. The molecule has 154 valence electrons. The van der Waals surface area contributed by atoms with Gasteiger partial charge in [0, 0.05) is 18.8 Å². The topological polar surface area (TPSA) is 57.0 Å². The fraction of sp³-hybridized carbons (Fsp3) is 0.435. The maximum absolute atomic E-state index is 12.3. The van der Waals surface area contributed by atoms with Crippen LogP contribution in [0.2, 0.25) is 0 Å². The summed E-state index contributed by atoms with van der Waals surface area (Å²) in [7, 11) is 3.35. The lowest BCUT2D eigenvalue weighted by Gasteiger charge is -2.22. The van der Waals surface area contributed by atoms with Gasteiger partial charge in [0.1, 0.15) is 5.52 Å². The summed E-state index contributed by atoms with van der Waals surface area (Å²) in [4.78, 5) is 12.3. The van der Waals surface area contributed by atoms with Gasteiger partial charge in [-0.2, -0.15) is 0 Å². The van der Waals surface area contributed by atoms with Crippen LogP contribution in [-0.4, -0.2) is 28.1 Å². The van der Waals surface area contributed by atoms with Gasteiger partial charge in [-0.3, -0.25) is 4.79 Å². The van der Waals surface area contributed by atoms with Gasteiger partial charge in [0.15, 0.2) is 0 Å². The zero-order valence-corrected chi connectivity index (χ0v) is 18.5. The zero-order valence-electron chi connectivity index (χ0n) is 17.8. The van der Waals surface area contributed by atoms with Crippen molar-refractivity contribution in [1.29, 1.82) is 0 Å². The second-order valence-electron chi connectivity index (χ2n) is 7.56. The molecule has 0 fully saturated rings. The first-order chi connectivity index (χ1) is 13.9. The Balaban J connectivity index is 2.24. The van der Waals surface area contributed by atoms with Crippen LogP contribution in [0.25, 0.3) is 11.0 Å². The van der Waals surface area contributed by atoms with Crippen molar-refractivity contribution >= 4 is 28.6 Å². The summed E-state index contributed by atoms with van der Waals surface area (Å²) in [5.74, 6) is 0.0687. The van der Waals surface area contributed by atoms with E-state index in [9.17, 15) is 4.79 Å². The van der Waals surface area contributed by atoms with E-state index in [0.717, 1.165) is 51.7 Å². The molecule has 0 spiro atoms. The summed E-state index contributed by atoms with van der Waals surface area (Å²) in [5.41, 5.74) is 8.59. The first kappa shape index (κ1) is 21.3. The first-order valence-electron chi connectivity index (χ1n) is 9.95. The van der Waals surface area contributed by atoms with Crippen molar-refractivity contribution in [2.75, 3.05) is 7.11 Å². The summed E-state index contributed by atoms with van der Waals surface area (Å²) < 4.78 is 6.85. The highest BCUT2D eigenvalue weighted by molar-refractivity contribution is 6.17. The third kappa shape index (κ3) is 4.15. The largest absolute Gasteiger partial charge is 0.469 e. The van der Waals surface area contributed by atoms with Gasteiger partial charge in [0.05, 0.1) is 19.0 Å². The van der Waals surface area contributed by atoms with Gasteiger partial charge in [0.2, 0.25) is 0 Å². The van der Waals surface area contributed by atoms with E-state index in [0.29, 0.717) is 5.88 Å². The summed E-state index contributed by atoms with van der Waals surface area (Å²) in [5, 5.41) is 8.67. The maximum Gasteiger partial charge on any atom is 0.306 e. The summed E-state index contributed by atoms with van der Waals surface area (Å²) in [6.45, 7) is 6.27. The highest BCUT2D eigenvalue weighted by Gasteiger charge is 2.24. The van der Waals surface area contributed by atoms with Crippen molar-refractivity contribution in [1.82, 2.24) is 15.0 Å². The van der Waals surface area contributed by atoms with Gasteiger partial charge < -0.3 is 4.74 Å². The number of aromatic nitrogens is 3. The Bertz CT molecular complexity index is 1040. The van der Waals surface area contributed by atoms with Crippen LogP contribution in [0.5, 0.6) is 0 Å². The van der Waals surface area contributed by atoms with Gasteiger partial charge in [-0.25, -0.2) is 4.68 Å². The van der Waals surface area contributed by atoms with Crippen molar-refractivity contribution in [2.45, 2.75) is 51.8 Å². The van der Waals surface area contributed by atoms with Gasteiger partial charge in [-0.15, -0.1) is 16.7 Å². The summed E-state index contributed by atoms with van der Waals surface area (Å²) >= 11 is 6.15. The molecule has 1 heterocycles. The zero-order chi connectivity index (χ0) is 21.1. The Hall–Kier alpha value is -2.40. The minimum Gasteiger partial charge on any atom is -0.469 e. The molecule has 0 aliphatic rings. The molecular weight excluding hydrogens is 386 g/mol. The normalized spacial score (nSPS) is 12.3. The lowest BCUT2D eigenvalue weighted by Crippen LogP contribution is -2.13. The number of hydrogen-bond acceptors (Lipinski definition) is 4. The highest BCUT2D eigenvalue weighted by Crippen LogP contribution is 2.36. The van der Waals surface area contributed by atoms with Gasteiger partial charge in [0.25, 0.3) is 0 Å². The minimum atomic E-state index is -0.237. The fourth-order valence-electron chi connectivity index (χ4n) is 4.00. The highest BCUT2D eigenvalue weighted by atomic mass is 35.5. The first-order valence-corrected chi connectivity index (χ1v) is 10.5. The number of benzene rings is 2. The molecule has 2 aromatic carbocycles. The minimum absolute atomic E-state index is 0.132. The number of hydrogen-bond donors (Lipinski definition) is 0. The number of ether oxygens (including phenoxy) is 1. The number of fused-ring (bicyclic) bond motifs is 1. The molecule has 1 unspecified atom stereocenters. The molecule has 29 heavy (non-hydrogen) atoms. The van der Waals surface area contributed by atoms with E-state index in [-0.39, 0.29) is 18.3 Å². The van der Waals surface area contributed by atoms with Crippen LogP contribution < -0.4 is 0 Å². The maximum atomic E-state index is 12.3. The molecule has 0 saturated heterocycles. The van der Waals surface area contributed by atoms with Gasteiger partial charge in [-0.1, -0.05) is 42.8 Å². The lowest BCUT2D eigenvalue weighted by atomic mass is 9.83. The molecule has 0 N–H and O–H groups in total. The molecule has 0 aliphatic heterocycles. The number of alkyl halides is 1. The Kier molecular flexibility index (Phi) is 6.58. The Labute approximate surface area is 177 Å². The van der Waals surface area contributed by atoms with E-state index in [4.69, 9.17) is 16.3 Å². The Morgan fingerprint density at radius 1 is 1.24 bits per heavy atom. The average molecular weight is 414 g/mol. The molecule has 0 saturated carbocycles. The number of carbonyl (C=O) groups is 1. The van der Waals surface area contributed by atoms with Crippen LogP contribution in [0.15, 0.2) is 24.3 Å². The van der Waals surface area contributed by atoms with E-state index < -0.39 is 0 Å². The summed E-state index contributed by atoms with van der Waals surface area (Å²) in [6, 6.07) is 8.48. The molecular formula is C23H28ClN3O2. The number of rotatable bonds is 7. The number of carbonyl (C=O) groups excluding carboxylic acids is 1. The number of nitrogens with zero attached hydrogens (tertiary/aromatic N) is 3. The van der Waals surface area contributed by atoms with Crippen molar-refractivity contribution < 1.29 is 9.53 Å². The van der Waals surface area contributed by atoms with E-state index in [1.54, 1.807) is 0 Å². The smallest absolute Gasteiger partial charge is 0.306 e. The van der Waals surface area contributed by atoms with Crippen LogP contribution in [0.4, 0.5) is 0 Å². The lowest BCUT2D eigenvalue weighted by molar-refractivity contribution is -0.140. The van der Waals surface area contributed by atoms with Crippen molar-refractivity contribution in [3.8, 4) is 0 Å². The van der Waals surface area contributed by atoms with Crippen LogP contribution >= 0.6 is 11.6 Å². The molecule has 6 heteroatoms. The van der Waals surface area contributed by atoms with E-state index >= 15 is 0 Å². The van der Waals surface area contributed by atoms with Crippen molar-refractivity contribution in [2.24, 2.45) is 7.05 Å². The van der Waals surface area contributed by atoms with E-state index in [1.165, 1.54) is 12.7 Å². The van der Waals surface area contributed by atoms with Crippen molar-refractivity contribution in [3.63, 3.8) is 0 Å². The third-order valence-electron chi connectivity index (χ3n) is 5.66. The third-order valence-corrected chi connectivity index (χ3v) is 5.95. The van der Waals surface area contributed by atoms with E-state index in [2.05, 4.69) is 48.4 Å². The SMILES string of the molecule is CCCc1cc(C(CC(=O)OC)c2ccc(C)c(CCl)c2)c(C)c2nnn(C)c12. The van der Waals surface area contributed by atoms with E-state index in [1.807, 2.05) is 18.7 Å². The molecule has 3 aromatic rings. The van der Waals surface area contributed by atoms with Crippen LogP contribution in [0, 0.1) is 13.8 Å². The molecule has 5 nitrogen and oxygen atoms in total. The van der Waals surface area contributed by atoms with Gasteiger partial charge in [-0.05, 0) is 53.6 Å². The predicted molar refractivity (Wildman–Crippen MR) is 116 cm³/mol. The number of aryl methyl sites for hydroxylation is 4. The monoisotopic (exact) mass is 413 g/mol. The Morgan fingerprint density at radius 2 is 2.00 bits per heavy atom. The molecule has 1 atom stereocenters. The van der Waals surface area contributed by atoms with Gasteiger partial charge >= 0.3 is 5.97 Å².